The lowest BCUT2D eigenvalue weighted by atomic mass is 9.95. The Morgan fingerprint density at radius 1 is 0.661 bits per heavy atom. The monoisotopic (exact) mass is 812 g/mol. The summed E-state index contributed by atoms with van der Waals surface area (Å²) in [6.45, 7) is -0.0905. The minimum absolute atomic E-state index is 0.156. The molecule has 0 spiro atoms. The van der Waals surface area contributed by atoms with E-state index >= 15 is 0 Å². The molecule has 0 aliphatic carbocycles. The fraction of sp³-hybridized carbons (Fsp3) is 0.0435. The van der Waals surface area contributed by atoms with E-state index in [-0.39, 0.29) is 24.1 Å². The fourth-order valence-electron chi connectivity index (χ4n) is 6.50. The van der Waals surface area contributed by atoms with Gasteiger partial charge in [-0.1, -0.05) is 54.6 Å². The van der Waals surface area contributed by atoms with Crippen molar-refractivity contribution in [3.63, 3.8) is 0 Å². The summed E-state index contributed by atoms with van der Waals surface area (Å²) in [5.74, 6) is -5.50. The molecule has 0 atom stereocenters. The van der Waals surface area contributed by atoms with Crippen molar-refractivity contribution in [1.82, 2.24) is 9.62 Å². The predicted molar refractivity (Wildman–Crippen MR) is 214 cm³/mol. The molecule has 0 bridgehead atoms. The molecule has 0 saturated heterocycles. The van der Waals surface area contributed by atoms with Crippen molar-refractivity contribution in [2.24, 2.45) is 0 Å². The Hall–Kier alpha value is -7.25. The molecule has 1 aromatic heterocycles. The lowest BCUT2D eigenvalue weighted by Gasteiger charge is -2.16. The highest BCUT2D eigenvalue weighted by Gasteiger charge is 2.41. The molecule has 6 aromatic carbocycles. The summed E-state index contributed by atoms with van der Waals surface area (Å²) in [4.78, 5) is 54.5. The average molecular weight is 813 g/mol. The standard InChI is InChI=1S/C46H28F4N2O6S/c47-30-12-17-34(37(49)20-30)42-43(35-18-13-31(48)21-38(35)50)46(56)52(45(42)55)24-26-6-10-29(11-7-26)44(54)51-59-33-15-8-27(9-16-33)25-57-32-14-19-36-39(53)23-40(58-41(36)22-32)28-4-2-1-3-5-28/h1-23H,24-25H2,(H,51,54). The van der Waals surface area contributed by atoms with Crippen LogP contribution in [0.4, 0.5) is 17.6 Å². The molecule has 7 aromatic rings. The third-order valence-electron chi connectivity index (χ3n) is 9.48. The maximum absolute atomic E-state index is 14.9. The summed E-state index contributed by atoms with van der Waals surface area (Å²) in [5.41, 5.74) is 0.745. The summed E-state index contributed by atoms with van der Waals surface area (Å²) in [7, 11) is 0. The number of carbonyl (C=O) groups is 3. The Bertz CT molecular complexity index is 2810. The van der Waals surface area contributed by atoms with Gasteiger partial charge >= 0.3 is 0 Å². The van der Waals surface area contributed by atoms with Crippen molar-refractivity contribution in [3.05, 3.63) is 201 Å². The third-order valence-corrected chi connectivity index (χ3v) is 10.3. The quantitative estimate of drug-likeness (QED) is 0.0789. The van der Waals surface area contributed by atoms with Gasteiger partial charge in [0.25, 0.3) is 17.7 Å². The number of halogens is 4. The van der Waals surface area contributed by atoms with Crippen LogP contribution in [-0.2, 0) is 22.7 Å². The molecular formula is C46H28F4N2O6S. The van der Waals surface area contributed by atoms with Crippen molar-refractivity contribution in [2.45, 2.75) is 18.0 Å². The molecule has 1 aliphatic heterocycles. The van der Waals surface area contributed by atoms with E-state index in [9.17, 15) is 36.7 Å². The molecule has 8 rings (SSSR count). The van der Waals surface area contributed by atoms with Gasteiger partial charge in [-0.05, 0) is 83.7 Å². The second-order valence-corrected chi connectivity index (χ2v) is 14.2. The van der Waals surface area contributed by atoms with Gasteiger partial charge in [-0.25, -0.2) is 17.6 Å². The molecule has 13 heteroatoms. The Labute approximate surface area is 337 Å². The zero-order valence-electron chi connectivity index (χ0n) is 30.5. The normalized spacial score (nSPS) is 12.7. The van der Waals surface area contributed by atoms with Gasteiger partial charge in [0.2, 0.25) is 0 Å². The van der Waals surface area contributed by atoms with Crippen molar-refractivity contribution in [3.8, 4) is 17.1 Å². The zero-order valence-corrected chi connectivity index (χ0v) is 31.3. The number of hydrogen-bond donors (Lipinski definition) is 1. The SMILES string of the molecule is O=C(NSc1ccc(COc2ccc3c(=O)cc(-c4ccccc4)oc3c2)cc1)c1ccc(CN2C(=O)C(c3ccc(F)cc3F)=C(c3ccc(F)cc3F)C2=O)cc1. The molecule has 0 fully saturated rings. The summed E-state index contributed by atoms with van der Waals surface area (Å²) in [6, 6.07) is 34.0. The number of nitrogens with zero attached hydrogens (tertiary/aromatic N) is 1. The Kier molecular flexibility index (Phi) is 10.7. The van der Waals surface area contributed by atoms with Gasteiger partial charge in [0.15, 0.2) is 5.43 Å². The first-order valence-electron chi connectivity index (χ1n) is 17.9. The van der Waals surface area contributed by atoms with E-state index in [0.29, 0.717) is 40.2 Å². The van der Waals surface area contributed by atoms with Crippen molar-refractivity contribution >= 4 is 51.8 Å². The minimum Gasteiger partial charge on any atom is -0.489 e. The number of nitrogens with one attached hydrogen (secondary N) is 1. The zero-order chi connectivity index (χ0) is 41.2. The largest absolute Gasteiger partial charge is 0.489 e. The highest BCUT2D eigenvalue weighted by Crippen LogP contribution is 2.39. The van der Waals surface area contributed by atoms with E-state index in [1.807, 2.05) is 54.6 Å². The van der Waals surface area contributed by atoms with Crippen LogP contribution in [0.25, 0.3) is 33.4 Å². The molecule has 292 valence electrons. The summed E-state index contributed by atoms with van der Waals surface area (Å²) in [5, 5.41) is 0.442. The summed E-state index contributed by atoms with van der Waals surface area (Å²) in [6.07, 6.45) is 0. The number of carbonyl (C=O) groups excluding carboxylic acids is 3. The summed E-state index contributed by atoms with van der Waals surface area (Å²) >= 11 is 1.09. The lowest BCUT2D eigenvalue weighted by molar-refractivity contribution is -0.136. The van der Waals surface area contributed by atoms with Crippen molar-refractivity contribution in [2.75, 3.05) is 0 Å². The van der Waals surface area contributed by atoms with Gasteiger partial charge in [-0.15, -0.1) is 0 Å². The van der Waals surface area contributed by atoms with Crippen LogP contribution in [0, 0.1) is 23.3 Å². The van der Waals surface area contributed by atoms with Crippen LogP contribution in [-0.4, -0.2) is 22.6 Å². The van der Waals surface area contributed by atoms with Crippen molar-refractivity contribution < 1.29 is 41.1 Å². The Morgan fingerprint density at radius 3 is 1.88 bits per heavy atom. The number of hydrogen-bond acceptors (Lipinski definition) is 7. The molecule has 2 heterocycles. The molecule has 0 saturated carbocycles. The van der Waals surface area contributed by atoms with E-state index < -0.39 is 63.3 Å². The third kappa shape index (κ3) is 8.14. The highest BCUT2D eigenvalue weighted by molar-refractivity contribution is 7.98. The van der Waals surface area contributed by atoms with E-state index in [4.69, 9.17) is 9.15 Å². The molecule has 1 aliphatic rings. The van der Waals surface area contributed by atoms with Crippen LogP contribution >= 0.6 is 11.9 Å². The maximum atomic E-state index is 14.9. The molecular weight excluding hydrogens is 785 g/mol. The highest BCUT2D eigenvalue weighted by atomic mass is 32.2. The molecule has 3 amide bonds. The predicted octanol–water partition coefficient (Wildman–Crippen LogP) is 9.51. The number of benzene rings is 6. The molecule has 0 radical (unpaired) electrons. The lowest BCUT2D eigenvalue weighted by Crippen LogP contribution is -2.31. The topological polar surface area (TPSA) is 106 Å². The van der Waals surface area contributed by atoms with Crippen LogP contribution in [0.5, 0.6) is 5.75 Å². The van der Waals surface area contributed by atoms with Crippen LogP contribution in [0.15, 0.2) is 154 Å². The Morgan fingerprint density at radius 2 is 1.27 bits per heavy atom. The Balaban J connectivity index is 0.887. The number of fused-ring (bicyclic) bond motifs is 1. The second-order valence-electron chi connectivity index (χ2n) is 13.4. The van der Waals surface area contributed by atoms with Gasteiger partial charge in [0.05, 0.1) is 23.1 Å². The van der Waals surface area contributed by atoms with E-state index in [1.54, 1.807) is 18.2 Å². The van der Waals surface area contributed by atoms with E-state index in [0.717, 1.165) is 57.1 Å². The van der Waals surface area contributed by atoms with Crippen LogP contribution in [0.3, 0.4) is 0 Å². The van der Waals surface area contributed by atoms with Crippen molar-refractivity contribution in [1.29, 1.82) is 0 Å². The average Bonchev–Trinajstić information content (AvgIpc) is 3.47. The van der Waals surface area contributed by atoms with Crippen LogP contribution < -0.4 is 14.9 Å². The van der Waals surface area contributed by atoms with Gasteiger partial charge in [0, 0.05) is 51.4 Å². The second kappa shape index (κ2) is 16.3. The fourth-order valence-corrected chi connectivity index (χ4v) is 7.10. The minimum atomic E-state index is -1.14. The summed E-state index contributed by atoms with van der Waals surface area (Å²) < 4.78 is 72.1. The number of imide groups is 1. The van der Waals surface area contributed by atoms with Gasteiger partial charge in [-0.2, -0.15) is 0 Å². The number of rotatable bonds is 11. The van der Waals surface area contributed by atoms with E-state index in [1.165, 1.54) is 30.3 Å². The van der Waals surface area contributed by atoms with Gasteiger partial charge in [-0.3, -0.25) is 28.8 Å². The molecule has 8 nitrogen and oxygen atoms in total. The first-order chi connectivity index (χ1) is 28.5. The first-order valence-corrected chi connectivity index (χ1v) is 18.8. The number of ether oxygens (including phenoxy) is 1. The maximum Gasteiger partial charge on any atom is 0.262 e. The molecule has 59 heavy (non-hydrogen) atoms. The molecule has 1 N–H and O–H groups in total. The smallest absolute Gasteiger partial charge is 0.262 e. The van der Waals surface area contributed by atoms with E-state index in [2.05, 4.69) is 4.72 Å². The number of amides is 3. The van der Waals surface area contributed by atoms with Crippen LogP contribution in [0.2, 0.25) is 0 Å². The molecule has 0 unspecified atom stereocenters. The van der Waals surface area contributed by atoms with Crippen LogP contribution in [0.1, 0.15) is 32.6 Å². The van der Waals surface area contributed by atoms with Gasteiger partial charge in [0.1, 0.15) is 47.0 Å². The van der Waals surface area contributed by atoms with Gasteiger partial charge < -0.3 is 9.15 Å². The first kappa shape index (κ1) is 38.6.